The molecule has 3 N–H and O–H groups in total. The van der Waals surface area contributed by atoms with Crippen LogP contribution in [0.2, 0.25) is 0 Å². The number of hydrogen-bond acceptors (Lipinski definition) is 5. The van der Waals surface area contributed by atoms with Gasteiger partial charge < -0.3 is 5.73 Å². The highest BCUT2D eigenvalue weighted by Gasteiger charge is 2.10. The third-order valence-corrected chi connectivity index (χ3v) is 1.80. The molecule has 0 radical (unpaired) electrons. The summed E-state index contributed by atoms with van der Waals surface area (Å²) in [5, 5.41) is 0. The van der Waals surface area contributed by atoms with Crippen molar-refractivity contribution >= 4 is 5.91 Å². The molecule has 15 heavy (non-hydrogen) atoms. The average Bonchev–Trinajstić information content (AvgIpc) is 2.17. The molecule has 6 nitrogen and oxygen atoms in total. The first kappa shape index (κ1) is 11.5. The Morgan fingerprint density at radius 1 is 1.60 bits per heavy atom. The van der Waals surface area contributed by atoms with Crippen LogP contribution in [0.15, 0.2) is 12.4 Å². The van der Waals surface area contributed by atoms with Crippen LogP contribution in [0.3, 0.4) is 0 Å². The largest absolute Gasteiger partial charge is 0.368 e. The van der Waals surface area contributed by atoms with Gasteiger partial charge in [-0.15, -0.1) is 0 Å². The molecular formula is C9H14N4O2. The Kier molecular flexibility index (Phi) is 4.14. The van der Waals surface area contributed by atoms with Gasteiger partial charge >= 0.3 is 0 Å². The molecule has 1 amide bonds. The standard InChI is InChI=1S/C9H14N4O2/c1-6-9(12-4-3-11-6)7(2)13-15-5-8(10)14/h3-4,7,13H,5H2,1-2H3,(H2,10,14). The summed E-state index contributed by atoms with van der Waals surface area (Å²) in [5.41, 5.74) is 9.18. The van der Waals surface area contributed by atoms with Crippen molar-refractivity contribution in [3.63, 3.8) is 0 Å². The summed E-state index contributed by atoms with van der Waals surface area (Å²) in [6.07, 6.45) is 3.23. The molecule has 0 aliphatic rings. The number of hydrogen-bond donors (Lipinski definition) is 2. The predicted octanol–water partition coefficient (Wildman–Crippen LogP) is -0.147. The highest BCUT2D eigenvalue weighted by Crippen LogP contribution is 2.10. The number of rotatable bonds is 5. The highest BCUT2D eigenvalue weighted by atomic mass is 16.6. The summed E-state index contributed by atoms with van der Waals surface area (Å²) < 4.78 is 0. The fourth-order valence-electron chi connectivity index (χ4n) is 1.14. The van der Waals surface area contributed by atoms with E-state index in [2.05, 4.69) is 15.4 Å². The van der Waals surface area contributed by atoms with Gasteiger partial charge in [0.1, 0.15) is 6.61 Å². The lowest BCUT2D eigenvalue weighted by molar-refractivity contribution is -0.126. The first-order valence-corrected chi connectivity index (χ1v) is 4.54. The SMILES string of the molecule is Cc1nccnc1C(C)NOCC(N)=O. The van der Waals surface area contributed by atoms with Gasteiger partial charge in [0, 0.05) is 12.4 Å². The maximum Gasteiger partial charge on any atom is 0.245 e. The van der Waals surface area contributed by atoms with Crippen LogP contribution in [-0.2, 0) is 9.63 Å². The van der Waals surface area contributed by atoms with E-state index < -0.39 is 5.91 Å². The molecule has 1 rings (SSSR count). The maximum absolute atomic E-state index is 10.4. The van der Waals surface area contributed by atoms with Gasteiger partial charge in [0.25, 0.3) is 0 Å². The molecule has 0 saturated heterocycles. The Balaban J connectivity index is 2.50. The van der Waals surface area contributed by atoms with E-state index in [4.69, 9.17) is 10.6 Å². The minimum Gasteiger partial charge on any atom is -0.368 e. The normalized spacial score (nSPS) is 12.4. The molecular weight excluding hydrogens is 196 g/mol. The Morgan fingerprint density at radius 2 is 2.27 bits per heavy atom. The second kappa shape index (κ2) is 5.38. The Labute approximate surface area is 87.8 Å². The summed E-state index contributed by atoms with van der Waals surface area (Å²) in [6.45, 7) is 3.55. The number of amides is 1. The second-order valence-corrected chi connectivity index (χ2v) is 3.12. The van der Waals surface area contributed by atoms with Gasteiger partial charge in [0.2, 0.25) is 5.91 Å². The van der Waals surface area contributed by atoms with Crippen LogP contribution < -0.4 is 11.2 Å². The fraction of sp³-hybridized carbons (Fsp3) is 0.444. The molecule has 0 aliphatic carbocycles. The number of carbonyl (C=O) groups is 1. The van der Waals surface area contributed by atoms with Crippen molar-refractivity contribution in [3.8, 4) is 0 Å². The minimum absolute atomic E-state index is 0.141. The molecule has 0 fully saturated rings. The van der Waals surface area contributed by atoms with E-state index in [1.807, 2.05) is 13.8 Å². The second-order valence-electron chi connectivity index (χ2n) is 3.12. The molecule has 1 atom stereocenters. The van der Waals surface area contributed by atoms with Gasteiger partial charge in [0.15, 0.2) is 0 Å². The number of primary amides is 1. The van der Waals surface area contributed by atoms with Gasteiger partial charge in [-0.3, -0.25) is 19.6 Å². The molecule has 82 valence electrons. The monoisotopic (exact) mass is 210 g/mol. The van der Waals surface area contributed by atoms with Crippen molar-refractivity contribution < 1.29 is 9.63 Å². The van der Waals surface area contributed by atoms with Crippen LogP contribution in [0.4, 0.5) is 0 Å². The molecule has 1 aromatic heterocycles. The Hall–Kier alpha value is -1.53. The Morgan fingerprint density at radius 3 is 2.87 bits per heavy atom. The molecule has 0 saturated carbocycles. The van der Waals surface area contributed by atoms with Gasteiger partial charge in [-0.1, -0.05) is 0 Å². The van der Waals surface area contributed by atoms with Crippen LogP contribution in [0, 0.1) is 6.92 Å². The number of aromatic nitrogens is 2. The molecule has 0 aliphatic heterocycles. The molecule has 0 spiro atoms. The number of nitrogens with two attached hydrogens (primary N) is 1. The van der Waals surface area contributed by atoms with Gasteiger partial charge in [0.05, 0.1) is 17.4 Å². The zero-order chi connectivity index (χ0) is 11.3. The summed E-state index contributed by atoms with van der Waals surface area (Å²) >= 11 is 0. The number of nitrogens with zero attached hydrogens (tertiary/aromatic N) is 2. The maximum atomic E-state index is 10.4. The van der Waals surface area contributed by atoms with E-state index in [1.54, 1.807) is 12.4 Å². The average molecular weight is 210 g/mol. The lowest BCUT2D eigenvalue weighted by Crippen LogP contribution is -2.27. The van der Waals surface area contributed by atoms with Crippen molar-refractivity contribution in [3.05, 3.63) is 23.8 Å². The van der Waals surface area contributed by atoms with Crippen molar-refractivity contribution in [1.82, 2.24) is 15.4 Å². The Bertz CT molecular complexity index is 343. The van der Waals surface area contributed by atoms with Crippen molar-refractivity contribution in [1.29, 1.82) is 0 Å². The number of aryl methyl sites for hydroxylation is 1. The molecule has 6 heteroatoms. The molecule has 1 unspecified atom stereocenters. The summed E-state index contributed by atoms with van der Waals surface area (Å²) in [4.78, 5) is 23.5. The first-order chi connectivity index (χ1) is 7.11. The van der Waals surface area contributed by atoms with Gasteiger partial charge in [-0.05, 0) is 13.8 Å². The van der Waals surface area contributed by atoms with Crippen LogP contribution >= 0.6 is 0 Å². The van der Waals surface area contributed by atoms with E-state index in [0.29, 0.717) is 0 Å². The molecule has 0 aromatic carbocycles. The van der Waals surface area contributed by atoms with Crippen LogP contribution in [0.25, 0.3) is 0 Å². The zero-order valence-corrected chi connectivity index (χ0v) is 8.73. The number of carbonyl (C=O) groups excluding carboxylic acids is 1. The van der Waals surface area contributed by atoms with E-state index in [9.17, 15) is 4.79 Å². The fourth-order valence-corrected chi connectivity index (χ4v) is 1.14. The third kappa shape index (κ3) is 3.61. The smallest absolute Gasteiger partial charge is 0.245 e. The summed E-state index contributed by atoms with van der Waals surface area (Å²) in [6, 6.07) is -0.141. The van der Waals surface area contributed by atoms with Crippen LogP contribution in [0.1, 0.15) is 24.4 Å². The lowest BCUT2D eigenvalue weighted by Gasteiger charge is -2.13. The number of nitrogens with one attached hydrogen (secondary N) is 1. The third-order valence-electron chi connectivity index (χ3n) is 1.80. The first-order valence-electron chi connectivity index (χ1n) is 4.54. The van der Waals surface area contributed by atoms with Crippen molar-refractivity contribution in [2.75, 3.05) is 6.61 Å². The van der Waals surface area contributed by atoms with Crippen molar-refractivity contribution in [2.45, 2.75) is 19.9 Å². The van der Waals surface area contributed by atoms with E-state index >= 15 is 0 Å². The minimum atomic E-state index is -0.523. The summed E-state index contributed by atoms with van der Waals surface area (Å²) in [7, 11) is 0. The topological polar surface area (TPSA) is 90.1 Å². The summed E-state index contributed by atoms with van der Waals surface area (Å²) in [5.74, 6) is -0.523. The van der Waals surface area contributed by atoms with Gasteiger partial charge in [-0.25, -0.2) is 0 Å². The number of hydroxylamine groups is 1. The van der Waals surface area contributed by atoms with Crippen molar-refractivity contribution in [2.24, 2.45) is 5.73 Å². The quantitative estimate of drug-likeness (QED) is 0.660. The lowest BCUT2D eigenvalue weighted by atomic mass is 10.2. The molecule has 0 bridgehead atoms. The van der Waals surface area contributed by atoms with E-state index in [0.717, 1.165) is 11.4 Å². The highest BCUT2D eigenvalue weighted by molar-refractivity contribution is 5.74. The van der Waals surface area contributed by atoms with Gasteiger partial charge in [-0.2, -0.15) is 5.48 Å². The van der Waals surface area contributed by atoms with Crippen LogP contribution in [-0.4, -0.2) is 22.5 Å². The molecule has 1 aromatic rings. The molecule has 1 heterocycles. The zero-order valence-electron chi connectivity index (χ0n) is 8.73. The van der Waals surface area contributed by atoms with E-state index in [1.165, 1.54) is 0 Å². The predicted molar refractivity (Wildman–Crippen MR) is 53.5 cm³/mol. The van der Waals surface area contributed by atoms with Crippen LogP contribution in [0.5, 0.6) is 0 Å². The van der Waals surface area contributed by atoms with E-state index in [-0.39, 0.29) is 12.6 Å².